The van der Waals surface area contributed by atoms with Crippen LogP contribution in [-0.2, 0) is 16.1 Å². The maximum Gasteiger partial charge on any atom is 0.326 e. The fourth-order valence-corrected chi connectivity index (χ4v) is 4.19. The molecular formula is C21H20N2O6S. The largest absolute Gasteiger partial charge is 0.496 e. The summed E-state index contributed by atoms with van der Waals surface area (Å²) in [6.07, 6.45) is 0. The van der Waals surface area contributed by atoms with Crippen molar-refractivity contribution in [1.82, 2.24) is 4.57 Å². The Hall–Kier alpha value is -3.33. The van der Waals surface area contributed by atoms with Crippen LogP contribution in [0, 0.1) is 0 Å². The monoisotopic (exact) mass is 428 g/mol. The van der Waals surface area contributed by atoms with Crippen molar-refractivity contribution in [3.8, 4) is 17.2 Å². The minimum Gasteiger partial charge on any atom is -0.496 e. The molecule has 0 atom stereocenters. The number of aromatic nitrogens is 1. The SMILES string of the molecule is CCOC(=O)Cn1c(=NC(=O)c2ccccc2OC)sc2cc3c(cc21)OCCO3. The molecule has 3 aromatic rings. The van der Waals surface area contributed by atoms with E-state index in [-0.39, 0.29) is 13.2 Å². The molecule has 0 fully saturated rings. The van der Waals surface area contributed by atoms with Gasteiger partial charge in [0.15, 0.2) is 16.3 Å². The van der Waals surface area contributed by atoms with Crippen molar-refractivity contribution in [1.29, 1.82) is 0 Å². The lowest BCUT2D eigenvalue weighted by Gasteiger charge is -2.18. The summed E-state index contributed by atoms with van der Waals surface area (Å²) in [7, 11) is 1.50. The van der Waals surface area contributed by atoms with E-state index < -0.39 is 11.9 Å². The second-order valence-corrected chi connectivity index (χ2v) is 7.37. The highest BCUT2D eigenvalue weighted by Gasteiger charge is 2.19. The average molecular weight is 428 g/mol. The van der Waals surface area contributed by atoms with E-state index in [1.54, 1.807) is 41.8 Å². The molecule has 0 N–H and O–H groups in total. The summed E-state index contributed by atoms with van der Waals surface area (Å²) in [6.45, 7) is 2.85. The average Bonchev–Trinajstić information content (AvgIpc) is 3.07. The van der Waals surface area contributed by atoms with Gasteiger partial charge < -0.3 is 23.5 Å². The van der Waals surface area contributed by atoms with Gasteiger partial charge in [0.05, 0.1) is 29.5 Å². The smallest absolute Gasteiger partial charge is 0.326 e. The highest BCUT2D eigenvalue weighted by atomic mass is 32.1. The lowest BCUT2D eigenvalue weighted by Crippen LogP contribution is -2.23. The molecule has 2 heterocycles. The van der Waals surface area contributed by atoms with Gasteiger partial charge in [-0.05, 0) is 19.1 Å². The molecule has 1 aliphatic heterocycles. The van der Waals surface area contributed by atoms with Gasteiger partial charge in [0.2, 0.25) is 0 Å². The number of nitrogens with zero attached hydrogens (tertiary/aromatic N) is 2. The van der Waals surface area contributed by atoms with Crippen LogP contribution in [-0.4, -0.2) is 43.4 Å². The van der Waals surface area contributed by atoms with Crippen molar-refractivity contribution in [2.45, 2.75) is 13.5 Å². The Morgan fingerprint density at radius 3 is 2.63 bits per heavy atom. The van der Waals surface area contributed by atoms with Crippen LogP contribution >= 0.6 is 11.3 Å². The molecule has 0 spiro atoms. The number of thiazole rings is 1. The maximum absolute atomic E-state index is 12.9. The summed E-state index contributed by atoms with van der Waals surface area (Å²) in [5, 5.41) is 0. The summed E-state index contributed by atoms with van der Waals surface area (Å²) < 4.78 is 24.2. The molecule has 1 aromatic heterocycles. The Morgan fingerprint density at radius 2 is 1.90 bits per heavy atom. The number of ether oxygens (including phenoxy) is 4. The van der Waals surface area contributed by atoms with E-state index >= 15 is 0 Å². The van der Waals surface area contributed by atoms with E-state index in [9.17, 15) is 9.59 Å². The predicted octanol–water partition coefficient (Wildman–Crippen LogP) is 2.79. The molecule has 156 valence electrons. The highest BCUT2D eigenvalue weighted by molar-refractivity contribution is 7.16. The van der Waals surface area contributed by atoms with Gasteiger partial charge in [0.25, 0.3) is 5.91 Å². The minimum atomic E-state index is -0.464. The van der Waals surface area contributed by atoms with Crippen LogP contribution < -0.4 is 19.0 Å². The van der Waals surface area contributed by atoms with E-state index in [2.05, 4.69) is 4.99 Å². The van der Waals surface area contributed by atoms with Gasteiger partial charge in [-0.25, -0.2) is 0 Å². The van der Waals surface area contributed by atoms with E-state index in [0.717, 1.165) is 4.70 Å². The Bertz CT molecular complexity index is 1180. The maximum atomic E-state index is 12.9. The summed E-state index contributed by atoms with van der Waals surface area (Å²) in [4.78, 5) is 29.7. The minimum absolute atomic E-state index is 0.0779. The van der Waals surface area contributed by atoms with Crippen LogP contribution in [0.5, 0.6) is 17.2 Å². The molecule has 8 nitrogen and oxygen atoms in total. The van der Waals surface area contributed by atoms with Crippen molar-refractivity contribution in [2.24, 2.45) is 4.99 Å². The van der Waals surface area contributed by atoms with Gasteiger partial charge in [0, 0.05) is 12.1 Å². The third kappa shape index (κ3) is 3.88. The molecular weight excluding hydrogens is 408 g/mol. The van der Waals surface area contributed by atoms with Crippen LogP contribution in [0.15, 0.2) is 41.4 Å². The van der Waals surface area contributed by atoms with Gasteiger partial charge in [-0.2, -0.15) is 4.99 Å². The summed E-state index contributed by atoms with van der Waals surface area (Å²) in [5.74, 6) is 0.765. The molecule has 0 bridgehead atoms. The predicted molar refractivity (Wildman–Crippen MR) is 110 cm³/mol. The number of esters is 1. The fourth-order valence-electron chi connectivity index (χ4n) is 3.15. The van der Waals surface area contributed by atoms with Gasteiger partial charge in [0.1, 0.15) is 25.5 Å². The van der Waals surface area contributed by atoms with Crippen LogP contribution in [0.2, 0.25) is 0 Å². The van der Waals surface area contributed by atoms with Crippen LogP contribution in [0.3, 0.4) is 0 Å². The Balaban J connectivity index is 1.85. The third-order valence-corrected chi connectivity index (χ3v) is 5.51. The fraction of sp³-hybridized carbons (Fsp3) is 0.286. The first-order valence-electron chi connectivity index (χ1n) is 9.41. The molecule has 1 amide bonds. The van der Waals surface area contributed by atoms with Crippen molar-refractivity contribution >= 4 is 33.4 Å². The number of methoxy groups -OCH3 is 1. The van der Waals surface area contributed by atoms with Gasteiger partial charge in [-0.3, -0.25) is 9.59 Å². The summed E-state index contributed by atoms with van der Waals surface area (Å²) in [6, 6.07) is 10.5. The number of para-hydroxylation sites is 1. The molecule has 0 saturated carbocycles. The summed E-state index contributed by atoms with van der Waals surface area (Å²) in [5.41, 5.74) is 1.05. The molecule has 4 rings (SSSR count). The van der Waals surface area contributed by atoms with Gasteiger partial charge in [-0.15, -0.1) is 0 Å². The van der Waals surface area contributed by atoms with E-state index in [1.807, 2.05) is 6.07 Å². The zero-order valence-corrected chi connectivity index (χ0v) is 17.4. The Kier molecular flexibility index (Phi) is 5.71. The van der Waals surface area contributed by atoms with Gasteiger partial charge in [-0.1, -0.05) is 23.5 Å². The second-order valence-electron chi connectivity index (χ2n) is 6.36. The Morgan fingerprint density at radius 1 is 1.17 bits per heavy atom. The molecule has 0 radical (unpaired) electrons. The zero-order valence-electron chi connectivity index (χ0n) is 16.5. The van der Waals surface area contributed by atoms with E-state index in [0.29, 0.717) is 46.3 Å². The zero-order chi connectivity index (χ0) is 21.1. The number of fused-ring (bicyclic) bond motifs is 2. The highest BCUT2D eigenvalue weighted by Crippen LogP contribution is 2.35. The first kappa shape index (κ1) is 20.0. The quantitative estimate of drug-likeness (QED) is 0.581. The third-order valence-electron chi connectivity index (χ3n) is 4.47. The number of hydrogen-bond acceptors (Lipinski definition) is 7. The lowest BCUT2D eigenvalue weighted by atomic mass is 10.2. The molecule has 30 heavy (non-hydrogen) atoms. The molecule has 1 aliphatic rings. The summed E-state index contributed by atoms with van der Waals surface area (Å²) >= 11 is 1.28. The van der Waals surface area contributed by atoms with Crippen LogP contribution in [0.4, 0.5) is 0 Å². The molecule has 9 heteroatoms. The number of benzene rings is 2. The molecule has 0 saturated heterocycles. The topological polar surface area (TPSA) is 88.4 Å². The first-order chi connectivity index (χ1) is 14.6. The van der Waals surface area contributed by atoms with Crippen molar-refractivity contribution < 1.29 is 28.5 Å². The van der Waals surface area contributed by atoms with Crippen LogP contribution in [0.25, 0.3) is 10.2 Å². The Labute approximate surface area is 176 Å². The standard InChI is InChI=1S/C21H20N2O6S/c1-3-27-19(24)12-23-14-10-16-17(29-9-8-28-16)11-18(14)30-21(23)22-20(25)13-6-4-5-7-15(13)26-2/h4-7,10-11H,3,8-9,12H2,1-2H3. The number of hydrogen-bond donors (Lipinski definition) is 0. The number of carbonyl (C=O) groups excluding carboxylic acids is 2. The normalized spacial score (nSPS) is 13.3. The second kappa shape index (κ2) is 8.58. The number of rotatable bonds is 5. The first-order valence-corrected chi connectivity index (χ1v) is 10.2. The van der Waals surface area contributed by atoms with Gasteiger partial charge >= 0.3 is 5.97 Å². The molecule has 2 aromatic carbocycles. The van der Waals surface area contributed by atoms with Crippen molar-refractivity contribution in [2.75, 3.05) is 26.9 Å². The lowest BCUT2D eigenvalue weighted by molar-refractivity contribution is -0.143. The molecule has 0 aliphatic carbocycles. The van der Waals surface area contributed by atoms with E-state index in [1.165, 1.54) is 18.4 Å². The molecule has 0 unspecified atom stereocenters. The van der Waals surface area contributed by atoms with E-state index in [4.69, 9.17) is 18.9 Å². The van der Waals surface area contributed by atoms with Crippen molar-refractivity contribution in [3.05, 3.63) is 46.8 Å². The van der Waals surface area contributed by atoms with Crippen LogP contribution in [0.1, 0.15) is 17.3 Å². The number of amides is 1. The number of carbonyl (C=O) groups is 2. The van der Waals surface area contributed by atoms with Crippen molar-refractivity contribution in [3.63, 3.8) is 0 Å².